The van der Waals surface area contributed by atoms with Gasteiger partial charge in [0, 0.05) is 18.5 Å². The fourth-order valence-corrected chi connectivity index (χ4v) is 1.57. The van der Waals surface area contributed by atoms with Gasteiger partial charge < -0.3 is 15.8 Å². The van der Waals surface area contributed by atoms with Crippen molar-refractivity contribution in [1.82, 2.24) is 5.32 Å². The van der Waals surface area contributed by atoms with Crippen LogP contribution >= 0.6 is 0 Å². The van der Waals surface area contributed by atoms with Crippen molar-refractivity contribution in [3.63, 3.8) is 0 Å². The molecular weight excluding hydrogens is 244 g/mol. The molecule has 0 aliphatic rings. The summed E-state index contributed by atoms with van der Waals surface area (Å²) in [6.45, 7) is 3.03. The first-order valence-electron chi connectivity index (χ1n) is 6.09. The minimum atomic E-state index is -0.633. The Hall–Kier alpha value is -2.17. The Morgan fingerprint density at radius 2 is 1.84 bits per heavy atom. The molecule has 0 radical (unpaired) electrons. The average molecular weight is 262 g/mol. The zero-order valence-electron chi connectivity index (χ0n) is 11.1. The van der Waals surface area contributed by atoms with Gasteiger partial charge in [0.25, 0.3) is 5.91 Å². The van der Waals surface area contributed by atoms with Crippen molar-refractivity contribution in [1.29, 1.82) is 0 Å². The molecule has 0 fully saturated rings. The van der Waals surface area contributed by atoms with Crippen LogP contribution in [0.1, 0.15) is 37.0 Å². The molecule has 0 aromatic heterocycles. The van der Waals surface area contributed by atoms with Crippen LogP contribution in [0.15, 0.2) is 24.3 Å². The van der Waals surface area contributed by atoms with E-state index in [1.165, 1.54) is 6.92 Å². The highest BCUT2D eigenvalue weighted by molar-refractivity contribution is 6.01. The van der Waals surface area contributed by atoms with Crippen molar-refractivity contribution in [2.24, 2.45) is 0 Å². The SMILES string of the molecule is CC(=O)CCC(=O)C(C)NC(=O)c1ccccc1N. The minimum absolute atomic E-state index is 0.0424. The number of rotatable bonds is 6. The van der Waals surface area contributed by atoms with Crippen LogP contribution in [-0.4, -0.2) is 23.5 Å². The van der Waals surface area contributed by atoms with Crippen LogP contribution < -0.4 is 11.1 Å². The van der Waals surface area contributed by atoms with E-state index in [0.29, 0.717) is 11.3 Å². The lowest BCUT2D eigenvalue weighted by Gasteiger charge is -2.13. The van der Waals surface area contributed by atoms with Crippen LogP contribution in [0, 0.1) is 0 Å². The van der Waals surface area contributed by atoms with Crippen molar-refractivity contribution in [2.45, 2.75) is 32.7 Å². The van der Waals surface area contributed by atoms with Gasteiger partial charge >= 0.3 is 0 Å². The molecule has 1 atom stereocenters. The normalized spacial score (nSPS) is 11.7. The third kappa shape index (κ3) is 4.54. The molecule has 1 aromatic carbocycles. The number of para-hydroxylation sites is 1. The Balaban J connectivity index is 2.59. The number of hydrogen-bond donors (Lipinski definition) is 2. The molecule has 102 valence electrons. The van der Waals surface area contributed by atoms with E-state index in [0.717, 1.165) is 0 Å². The number of nitrogens with two attached hydrogens (primary N) is 1. The number of Topliss-reactive ketones (excluding diaryl/α,β-unsaturated/α-hetero) is 2. The molecule has 0 heterocycles. The number of ketones is 2. The van der Waals surface area contributed by atoms with Crippen molar-refractivity contribution in [3.05, 3.63) is 29.8 Å². The molecule has 1 amide bonds. The molecule has 1 unspecified atom stereocenters. The van der Waals surface area contributed by atoms with E-state index in [1.54, 1.807) is 31.2 Å². The first-order chi connectivity index (χ1) is 8.91. The second-order valence-electron chi connectivity index (χ2n) is 4.45. The fourth-order valence-electron chi connectivity index (χ4n) is 1.57. The Kier molecular flexibility index (Phi) is 5.23. The molecule has 0 bridgehead atoms. The van der Waals surface area contributed by atoms with Gasteiger partial charge in [-0.3, -0.25) is 9.59 Å². The van der Waals surface area contributed by atoms with Crippen molar-refractivity contribution < 1.29 is 14.4 Å². The maximum atomic E-state index is 11.9. The van der Waals surface area contributed by atoms with Gasteiger partial charge in [0.15, 0.2) is 5.78 Å². The van der Waals surface area contributed by atoms with Gasteiger partial charge in [0.2, 0.25) is 0 Å². The third-order valence-electron chi connectivity index (χ3n) is 2.76. The quantitative estimate of drug-likeness (QED) is 0.757. The monoisotopic (exact) mass is 262 g/mol. The zero-order chi connectivity index (χ0) is 14.4. The summed E-state index contributed by atoms with van der Waals surface area (Å²) in [5.41, 5.74) is 6.39. The number of carbonyl (C=O) groups is 3. The highest BCUT2D eigenvalue weighted by atomic mass is 16.2. The maximum Gasteiger partial charge on any atom is 0.253 e. The number of nitrogens with one attached hydrogen (secondary N) is 1. The number of anilines is 1. The van der Waals surface area contributed by atoms with Crippen molar-refractivity contribution in [2.75, 3.05) is 5.73 Å². The van der Waals surface area contributed by atoms with Crippen molar-refractivity contribution in [3.8, 4) is 0 Å². The van der Waals surface area contributed by atoms with Gasteiger partial charge in [0.05, 0.1) is 11.6 Å². The number of benzene rings is 1. The predicted octanol–water partition coefficient (Wildman–Crippen LogP) is 1.33. The Morgan fingerprint density at radius 3 is 2.42 bits per heavy atom. The zero-order valence-corrected chi connectivity index (χ0v) is 11.1. The topological polar surface area (TPSA) is 89.3 Å². The van der Waals surface area contributed by atoms with E-state index in [9.17, 15) is 14.4 Å². The molecule has 1 aromatic rings. The van der Waals surface area contributed by atoms with E-state index in [2.05, 4.69) is 5.32 Å². The van der Waals surface area contributed by atoms with Crippen LogP contribution in [0.5, 0.6) is 0 Å². The lowest BCUT2D eigenvalue weighted by Crippen LogP contribution is -2.38. The summed E-state index contributed by atoms with van der Waals surface area (Å²) in [6, 6.07) is 6.02. The number of carbonyl (C=O) groups excluding carboxylic acids is 3. The molecule has 3 N–H and O–H groups in total. The molecule has 0 spiro atoms. The highest BCUT2D eigenvalue weighted by Gasteiger charge is 2.17. The van der Waals surface area contributed by atoms with Gasteiger partial charge in [-0.1, -0.05) is 12.1 Å². The molecule has 19 heavy (non-hydrogen) atoms. The van der Waals surface area contributed by atoms with Gasteiger partial charge in [-0.05, 0) is 26.0 Å². The summed E-state index contributed by atoms with van der Waals surface area (Å²) in [5, 5.41) is 2.58. The molecular formula is C14H18N2O3. The van der Waals surface area contributed by atoms with Gasteiger partial charge in [-0.25, -0.2) is 0 Å². The molecule has 0 saturated heterocycles. The summed E-state index contributed by atoms with van der Waals surface area (Å²) in [4.78, 5) is 34.4. The molecule has 0 aliphatic carbocycles. The van der Waals surface area contributed by atoms with Crippen LogP contribution in [0.4, 0.5) is 5.69 Å². The van der Waals surface area contributed by atoms with E-state index in [4.69, 9.17) is 5.73 Å². The number of amides is 1. The highest BCUT2D eigenvalue weighted by Crippen LogP contribution is 2.10. The van der Waals surface area contributed by atoms with Crippen molar-refractivity contribution >= 4 is 23.2 Å². The summed E-state index contributed by atoms with van der Waals surface area (Å²) < 4.78 is 0. The Bertz CT molecular complexity index is 497. The Labute approximate surface area is 112 Å². The van der Waals surface area contributed by atoms with E-state index >= 15 is 0 Å². The average Bonchev–Trinajstić information content (AvgIpc) is 2.36. The van der Waals surface area contributed by atoms with Gasteiger partial charge in [-0.15, -0.1) is 0 Å². The summed E-state index contributed by atoms with van der Waals surface area (Å²) in [6.07, 6.45) is 0.341. The molecule has 0 aliphatic heterocycles. The smallest absolute Gasteiger partial charge is 0.253 e. The van der Waals surface area contributed by atoms with Crippen LogP contribution in [0.3, 0.4) is 0 Å². The number of hydrogen-bond acceptors (Lipinski definition) is 4. The van der Waals surface area contributed by atoms with Crippen LogP contribution in [0.2, 0.25) is 0 Å². The molecule has 5 heteroatoms. The molecule has 0 saturated carbocycles. The van der Waals surface area contributed by atoms with Crippen LogP contribution in [-0.2, 0) is 9.59 Å². The third-order valence-corrected chi connectivity index (χ3v) is 2.76. The fraction of sp³-hybridized carbons (Fsp3) is 0.357. The summed E-state index contributed by atoms with van der Waals surface area (Å²) in [5.74, 6) is -0.598. The van der Waals surface area contributed by atoms with Crippen LogP contribution in [0.25, 0.3) is 0 Å². The van der Waals surface area contributed by atoms with Gasteiger partial charge in [-0.2, -0.15) is 0 Å². The number of nitrogen functional groups attached to an aromatic ring is 1. The minimum Gasteiger partial charge on any atom is -0.398 e. The Morgan fingerprint density at radius 1 is 1.21 bits per heavy atom. The largest absolute Gasteiger partial charge is 0.398 e. The first kappa shape index (κ1) is 14.9. The van der Waals surface area contributed by atoms with E-state index < -0.39 is 6.04 Å². The molecule has 1 rings (SSSR count). The summed E-state index contributed by atoms with van der Waals surface area (Å²) >= 11 is 0. The summed E-state index contributed by atoms with van der Waals surface area (Å²) in [7, 11) is 0. The lowest BCUT2D eigenvalue weighted by atomic mass is 10.1. The second kappa shape index (κ2) is 6.68. The lowest BCUT2D eigenvalue weighted by molar-refractivity contribution is -0.124. The van der Waals surface area contributed by atoms with E-state index in [1.807, 2.05) is 0 Å². The molecule has 5 nitrogen and oxygen atoms in total. The second-order valence-corrected chi connectivity index (χ2v) is 4.45. The predicted molar refractivity (Wildman–Crippen MR) is 72.7 cm³/mol. The maximum absolute atomic E-state index is 11.9. The van der Waals surface area contributed by atoms with Gasteiger partial charge in [0.1, 0.15) is 5.78 Å². The van der Waals surface area contributed by atoms with E-state index in [-0.39, 0.29) is 30.3 Å². The standard InChI is InChI=1S/C14H18N2O3/c1-9(17)7-8-13(18)10(2)16-14(19)11-5-3-4-6-12(11)15/h3-6,10H,7-8,15H2,1-2H3,(H,16,19). The first-order valence-corrected chi connectivity index (χ1v) is 6.09.